The van der Waals surface area contributed by atoms with Crippen molar-refractivity contribution < 1.29 is 4.79 Å². The van der Waals surface area contributed by atoms with Crippen LogP contribution in [-0.2, 0) is 12.5 Å². The van der Waals surface area contributed by atoms with Gasteiger partial charge in [-0.15, -0.1) is 10.2 Å². The number of aryl methyl sites for hydroxylation is 1. The molecule has 5 nitrogen and oxygen atoms in total. The van der Waals surface area contributed by atoms with Gasteiger partial charge in [-0.25, -0.2) is 0 Å². The van der Waals surface area contributed by atoms with Gasteiger partial charge < -0.3 is 4.57 Å². The van der Waals surface area contributed by atoms with Gasteiger partial charge in [0.05, 0.1) is 5.75 Å². The van der Waals surface area contributed by atoms with Gasteiger partial charge in [-0.2, -0.15) is 0 Å². The molecule has 33 heavy (non-hydrogen) atoms. The molecule has 0 amide bonds. The van der Waals surface area contributed by atoms with Gasteiger partial charge in [-0.05, 0) is 43.0 Å². The number of hydrogen-bond acceptors (Lipinski definition) is 4. The molecule has 2 aromatic heterocycles. The highest BCUT2D eigenvalue weighted by atomic mass is 32.2. The third kappa shape index (κ3) is 4.67. The zero-order valence-electron chi connectivity index (χ0n) is 20.1. The van der Waals surface area contributed by atoms with Gasteiger partial charge in [0.1, 0.15) is 0 Å². The molecule has 4 rings (SSSR count). The van der Waals surface area contributed by atoms with E-state index in [1.165, 1.54) is 17.3 Å². The fourth-order valence-corrected chi connectivity index (χ4v) is 4.66. The lowest BCUT2D eigenvalue weighted by Crippen LogP contribution is -2.10. The van der Waals surface area contributed by atoms with Crippen molar-refractivity contribution in [2.24, 2.45) is 7.05 Å². The van der Waals surface area contributed by atoms with Crippen LogP contribution in [0.3, 0.4) is 0 Å². The Bertz CT molecular complexity index is 1280. The molecule has 170 valence electrons. The molecular weight excluding hydrogens is 428 g/mol. The fourth-order valence-electron chi connectivity index (χ4n) is 3.82. The Labute approximate surface area is 199 Å². The predicted molar refractivity (Wildman–Crippen MR) is 135 cm³/mol. The number of Topliss-reactive ketones (excluding diaryl/α,β-unsaturated/α-hetero) is 1. The van der Waals surface area contributed by atoms with Gasteiger partial charge >= 0.3 is 0 Å². The molecule has 0 unspecified atom stereocenters. The monoisotopic (exact) mass is 458 g/mol. The zero-order chi connectivity index (χ0) is 23.8. The van der Waals surface area contributed by atoms with Crippen molar-refractivity contribution in [2.45, 2.75) is 45.2 Å². The lowest BCUT2D eigenvalue weighted by Gasteiger charge is -2.19. The van der Waals surface area contributed by atoms with Crippen LogP contribution in [0.15, 0.2) is 65.8 Å². The molecule has 0 spiro atoms. The Kier molecular flexibility index (Phi) is 6.30. The van der Waals surface area contributed by atoms with Crippen LogP contribution in [0.1, 0.15) is 48.1 Å². The maximum Gasteiger partial charge on any atom is 0.196 e. The van der Waals surface area contributed by atoms with E-state index >= 15 is 0 Å². The zero-order valence-corrected chi connectivity index (χ0v) is 20.9. The van der Waals surface area contributed by atoms with Gasteiger partial charge in [-0.3, -0.25) is 9.36 Å². The van der Waals surface area contributed by atoms with Crippen molar-refractivity contribution in [3.8, 4) is 17.1 Å². The molecule has 0 aliphatic heterocycles. The Morgan fingerprint density at radius 2 is 1.64 bits per heavy atom. The number of aromatic nitrogens is 4. The number of carbonyl (C=O) groups excluding carboxylic acids is 1. The first-order valence-electron chi connectivity index (χ1n) is 11.1. The molecule has 0 radical (unpaired) electrons. The van der Waals surface area contributed by atoms with E-state index in [-0.39, 0.29) is 11.2 Å². The van der Waals surface area contributed by atoms with Gasteiger partial charge in [0.2, 0.25) is 0 Å². The van der Waals surface area contributed by atoms with Crippen LogP contribution in [0.2, 0.25) is 0 Å². The van der Waals surface area contributed by atoms with E-state index in [0.29, 0.717) is 10.9 Å². The summed E-state index contributed by atoms with van der Waals surface area (Å²) >= 11 is 1.42. The number of benzene rings is 2. The molecule has 0 aliphatic rings. The van der Waals surface area contributed by atoms with Crippen LogP contribution >= 0.6 is 11.8 Å². The number of hydrogen-bond donors (Lipinski definition) is 0. The maximum atomic E-state index is 13.0. The van der Waals surface area contributed by atoms with Crippen molar-refractivity contribution >= 4 is 17.5 Å². The molecule has 0 saturated heterocycles. The van der Waals surface area contributed by atoms with Crippen molar-refractivity contribution in [3.63, 3.8) is 0 Å². The second-order valence-corrected chi connectivity index (χ2v) is 10.3. The quantitative estimate of drug-likeness (QED) is 0.256. The highest BCUT2D eigenvalue weighted by molar-refractivity contribution is 7.99. The number of para-hydroxylation sites is 1. The number of thioether (sulfide) groups is 1. The highest BCUT2D eigenvalue weighted by Crippen LogP contribution is 2.30. The maximum absolute atomic E-state index is 13.0. The summed E-state index contributed by atoms with van der Waals surface area (Å²) in [7, 11) is 1.98. The summed E-state index contributed by atoms with van der Waals surface area (Å²) < 4.78 is 4.08. The molecule has 0 bridgehead atoms. The van der Waals surface area contributed by atoms with E-state index in [2.05, 4.69) is 55.2 Å². The largest absolute Gasteiger partial charge is 0.351 e. The van der Waals surface area contributed by atoms with Crippen molar-refractivity contribution in [1.82, 2.24) is 19.3 Å². The fraction of sp³-hybridized carbons (Fsp3) is 0.296. The van der Waals surface area contributed by atoms with E-state index in [4.69, 9.17) is 0 Å². The molecular formula is C27H30N4OS. The van der Waals surface area contributed by atoms with Gasteiger partial charge in [0.25, 0.3) is 0 Å². The van der Waals surface area contributed by atoms with Crippen molar-refractivity contribution in [2.75, 3.05) is 5.75 Å². The summed E-state index contributed by atoms with van der Waals surface area (Å²) in [4.78, 5) is 13.0. The molecule has 6 heteroatoms. The molecule has 2 aromatic carbocycles. The Morgan fingerprint density at radius 1 is 0.970 bits per heavy atom. The molecule has 0 N–H and O–H groups in total. The van der Waals surface area contributed by atoms with Crippen LogP contribution in [0.25, 0.3) is 17.1 Å². The first-order valence-corrected chi connectivity index (χ1v) is 12.1. The van der Waals surface area contributed by atoms with Crippen LogP contribution in [-0.4, -0.2) is 30.9 Å². The number of rotatable bonds is 6. The third-order valence-corrected chi connectivity index (χ3v) is 6.99. The normalized spacial score (nSPS) is 11.7. The van der Waals surface area contributed by atoms with Crippen molar-refractivity contribution in [3.05, 3.63) is 83.2 Å². The van der Waals surface area contributed by atoms with Crippen molar-refractivity contribution in [1.29, 1.82) is 0 Å². The molecule has 0 fully saturated rings. The number of carbonyl (C=O) groups is 1. The first kappa shape index (κ1) is 23.1. The minimum absolute atomic E-state index is 0.0843. The topological polar surface area (TPSA) is 52.7 Å². The minimum atomic E-state index is 0.0843. The molecule has 0 aliphatic carbocycles. The van der Waals surface area contributed by atoms with E-state index in [1.807, 2.05) is 66.4 Å². The van der Waals surface area contributed by atoms with E-state index in [0.717, 1.165) is 34.0 Å². The smallest absolute Gasteiger partial charge is 0.196 e. The SMILES string of the molecule is Cc1cc(C(=O)CSc2nnc(-c3ccc(C(C)(C)C)cc3)n2-c2ccccc2)c(C)n1C. The van der Waals surface area contributed by atoms with Gasteiger partial charge in [-0.1, -0.05) is 75.0 Å². The average Bonchev–Trinajstić information content (AvgIpc) is 3.34. The number of nitrogens with zero attached hydrogens (tertiary/aromatic N) is 4. The minimum Gasteiger partial charge on any atom is -0.351 e. The standard InChI is InChI=1S/C27H30N4OS/c1-18-16-23(19(2)30(18)6)24(32)17-33-26-29-28-25(31(26)22-10-8-7-9-11-22)20-12-14-21(15-13-20)27(3,4)5/h7-16H,17H2,1-6H3. The Balaban J connectivity index is 1.67. The molecule has 0 saturated carbocycles. The van der Waals surface area contributed by atoms with Crippen LogP contribution in [0.5, 0.6) is 0 Å². The third-order valence-electron chi connectivity index (χ3n) is 6.06. The lowest BCUT2D eigenvalue weighted by atomic mass is 9.87. The Hall–Kier alpha value is -3.12. The summed E-state index contributed by atoms with van der Waals surface area (Å²) in [6.45, 7) is 10.6. The Morgan fingerprint density at radius 3 is 2.21 bits per heavy atom. The average molecular weight is 459 g/mol. The van der Waals surface area contributed by atoms with Gasteiger partial charge in [0, 0.05) is 35.2 Å². The summed E-state index contributed by atoms with van der Waals surface area (Å²) in [5.74, 6) is 1.17. The second-order valence-electron chi connectivity index (χ2n) is 9.36. The summed E-state index contributed by atoms with van der Waals surface area (Å²) in [5.41, 5.74) is 6.15. The second kappa shape index (κ2) is 9.02. The summed E-state index contributed by atoms with van der Waals surface area (Å²) in [6.07, 6.45) is 0. The number of ketones is 1. The van der Waals surface area contributed by atoms with Crippen LogP contribution < -0.4 is 0 Å². The molecule has 2 heterocycles. The van der Waals surface area contributed by atoms with E-state index < -0.39 is 0 Å². The highest BCUT2D eigenvalue weighted by Gasteiger charge is 2.20. The van der Waals surface area contributed by atoms with E-state index in [1.54, 1.807) is 0 Å². The first-order chi connectivity index (χ1) is 15.7. The van der Waals surface area contributed by atoms with Gasteiger partial charge in [0.15, 0.2) is 16.8 Å². The molecule has 4 aromatic rings. The van der Waals surface area contributed by atoms with Crippen LogP contribution in [0.4, 0.5) is 0 Å². The van der Waals surface area contributed by atoms with E-state index in [9.17, 15) is 4.79 Å². The van der Waals surface area contributed by atoms with Crippen LogP contribution in [0, 0.1) is 13.8 Å². The predicted octanol–water partition coefficient (Wildman–Crippen LogP) is 6.16. The lowest BCUT2D eigenvalue weighted by molar-refractivity contribution is 0.102. The molecule has 0 atom stereocenters. The summed E-state index contributed by atoms with van der Waals surface area (Å²) in [6, 6.07) is 20.5. The summed E-state index contributed by atoms with van der Waals surface area (Å²) in [5, 5.41) is 9.69.